The number of hydrogen-bond acceptors (Lipinski definition) is 15. The van der Waals surface area contributed by atoms with Crippen molar-refractivity contribution >= 4 is 71.4 Å². The fourth-order valence-corrected chi connectivity index (χ4v) is 7.99. The summed E-state index contributed by atoms with van der Waals surface area (Å²) in [4.78, 5) is 40.3. The predicted molar refractivity (Wildman–Crippen MR) is 166 cm³/mol. The minimum atomic E-state index is -4.46. The van der Waals surface area contributed by atoms with Gasteiger partial charge in [0.25, 0.3) is 0 Å². The van der Waals surface area contributed by atoms with E-state index in [1.165, 1.54) is 24.1 Å². The molecule has 6 heterocycles. The Labute approximate surface area is 270 Å². The van der Waals surface area contributed by atoms with E-state index in [-0.39, 0.29) is 22.8 Å². The van der Waals surface area contributed by atoms with Crippen LogP contribution in [0.15, 0.2) is 25.2 Å². The maximum Gasteiger partial charge on any atom is 0.386 e. The van der Waals surface area contributed by atoms with Crippen LogP contribution in [0.5, 0.6) is 0 Å². The van der Waals surface area contributed by atoms with E-state index in [1.54, 1.807) is 24.6 Å². The van der Waals surface area contributed by atoms with E-state index in [9.17, 15) is 19.5 Å². The third-order valence-corrected chi connectivity index (χ3v) is 10.1. The van der Waals surface area contributed by atoms with Crippen LogP contribution < -0.4 is 11.5 Å². The molecule has 2 aliphatic rings. The first-order valence-electron chi connectivity index (χ1n) is 13.6. The van der Waals surface area contributed by atoms with Crippen LogP contribution in [-0.4, -0.2) is 91.7 Å². The quantitative estimate of drug-likeness (QED) is 0.106. The summed E-state index contributed by atoms with van der Waals surface area (Å²) < 4.78 is 60.9. The largest absolute Gasteiger partial charge is 0.387 e. The van der Waals surface area contributed by atoms with Crippen molar-refractivity contribution in [2.24, 2.45) is 0 Å². The van der Waals surface area contributed by atoms with Crippen molar-refractivity contribution in [3.63, 3.8) is 0 Å². The van der Waals surface area contributed by atoms with Crippen molar-refractivity contribution in [2.75, 3.05) is 18.1 Å². The lowest BCUT2D eigenvalue weighted by molar-refractivity contribution is -0.110. The average molecular weight is 722 g/mol. The highest BCUT2D eigenvalue weighted by Crippen LogP contribution is 2.58. The van der Waals surface area contributed by atoms with Crippen molar-refractivity contribution in [1.82, 2.24) is 34.1 Å². The maximum absolute atomic E-state index is 16.0. The number of aliphatic hydroxyl groups excluding tert-OH is 1. The second kappa shape index (κ2) is 11.9. The molecular formula is C23H30FN9O9P2S2. The smallest absolute Gasteiger partial charge is 0.386 e. The van der Waals surface area contributed by atoms with E-state index in [1.807, 2.05) is 0 Å². The van der Waals surface area contributed by atoms with E-state index in [0.717, 1.165) is 6.33 Å². The summed E-state index contributed by atoms with van der Waals surface area (Å²) in [5, 5.41) is 11.0. The number of halogens is 1. The van der Waals surface area contributed by atoms with Crippen LogP contribution in [0.2, 0.25) is 0 Å². The Morgan fingerprint density at radius 2 is 1.78 bits per heavy atom. The zero-order valence-electron chi connectivity index (χ0n) is 24.3. The molecule has 7 N–H and O–H groups in total. The lowest BCUT2D eigenvalue weighted by Gasteiger charge is -2.32. The standard InChI is InChI=1S/C23H30FN9O9P2S2/c1-9-4-27-18(25)12-14(9)32(7-30-12)22-16(15(34)10(2)39-22)41-44(37,46)38-5-23(3)17(42-43(35,36)45)11(24)21(40-23)33-8-31-13-19(26)28-6-29-20(13)33/h4,6-8,10-11,15-17,21-22,34H,5H2,1-3H3,(H2,25,27)(H,37,46)(H2,26,28,29)(H2,35,36,45)/t10-,11-,15-,16-,17+,21-,22-,23?,44?/m1/s1. The predicted octanol–water partition coefficient (Wildman–Crippen LogP) is 1.68. The highest BCUT2D eigenvalue weighted by molar-refractivity contribution is 8.44. The molecule has 46 heavy (non-hydrogen) atoms. The topological polar surface area (TPSA) is 250 Å². The fourth-order valence-electron chi connectivity index (χ4n) is 5.56. The number of rotatable bonds is 9. The van der Waals surface area contributed by atoms with Gasteiger partial charge in [-0.15, -0.1) is 0 Å². The number of aliphatic hydroxyl groups is 1. The number of anilines is 2. The molecule has 0 aliphatic carbocycles. The van der Waals surface area contributed by atoms with Crippen LogP contribution in [0, 0.1) is 6.92 Å². The Bertz CT molecular complexity index is 1900. The molecule has 23 heteroatoms. The van der Waals surface area contributed by atoms with Crippen molar-refractivity contribution in [3.8, 4) is 0 Å². The van der Waals surface area contributed by atoms with Crippen LogP contribution >= 0.6 is 25.8 Å². The average Bonchev–Trinajstić information content (AvgIpc) is 3.73. The molecule has 0 radical (unpaired) electrons. The van der Waals surface area contributed by atoms with Gasteiger partial charge in [-0.2, -0.15) is 0 Å². The summed E-state index contributed by atoms with van der Waals surface area (Å²) in [6.07, 6.45) is -4.43. The van der Waals surface area contributed by atoms with Gasteiger partial charge in [-0.25, -0.2) is 33.9 Å². The lowest BCUT2D eigenvalue weighted by atomic mass is 9.99. The number of imidazole rings is 2. The molecule has 4 aromatic rings. The number of fused-ring (bicyclic) bond motifs is 2. The summed E-state index contributed by atoms with van der Waals surface area (Å²) in [5.74, 6) is 0.212. The molecule has 9 atom stereocenters. The highest BCUT2D eigenvalue weighted by Gasteiger charge is 2.58. The van der Waals surface area contributed by atoms with E-state index in [2.05, 4.69) is 49.0 Å². The summed E-state index contributed by atoms with van der Waals surface area (Å²) in [5.41, 5.74) is 11.9. The van der Waals surface area contributed by atoms with Gasteiger partial charge in [-0.1, -0.05) is 12.2 Å². The fraction of sp³-hybridized carbons (Fsp3) is 0.522. The van der Waals surface area contributed by atoms with Gasteiger partial charge in [0.1, 0.15) is 41.3 Å². The molecular weight excluding hydrogens is 691 g/mol. The summed E-state index contributed by atoms with van der Waals surface area (Å²) in [7, 11) is 0. The van der Waals surface area contributed by atoms with E-state index in [0.29, 0.717) is 16.6 Å². The van der Waals surface area contributed by atoms with Gasteiger partial charge in [0.15, 0.2) is 35.9 Å². The number of nitrogens with zero attached hydrogens (tertiary/aromatic N) is 7. The third-order valence-electron chi connectivity index (χ3n) is 7.77. The monoisotopic (exact) mass is 721 g/mol. The molecule has 0 bridgehead atoms. The Morgan fingerprint density at radius 3 is 2.50 bits per heavy atom. The second-order valence-electron chi connectivity index (χ2n) is 11.1. The lowest BCUT2D eigenvalue weighted by Crippen LogP contribution is -2.44. The number of nitrogen functional groups attached to an aromatic ring is 2. The number of hydrogen-bond donors (Lipinski definition) is 6. The van der Waals surface area contributed by atoms with Gasteiger partial charge in [0, 0.05) is 6.20 Å². The normalized spacial score (nSPS) is 31.6. The molecule has 4 aromatic heterocycles. The summed E-state index contributed by atoms with van der Waals surface area (Å²) in [6, 6.07) is 0. The molecule has 2 unspecified atom stereocenters. The van der Waals surface area contributed by atoms with Gasteiger partial charge in [-0.05, 0) is 38.1 Å². The number of nitrogens with two attached hydrogens (primary N) is 2. The SMILES string of the molecule is Cc1cnc(N)c2ncn([C@@H]3O[C@H](C)[C@@H](O)[C@H]3OP(=O)(S)OCC3(C)O[C@@H](n4cnc5c(N)ncnc54)[C@H](F)[C@@H]3OP(O)(O)=S)c12. The molecule has 250 valence electrons. The Kier molecular flexibility index (Phi) is 8.70. The molecule has 0 aromatic carbocycles. The van der Waals surface area contributed by atoms with Gasteiger partial charge in [0.2, 0.25) is 0 Å². The summed E-state index contributed by atoms with van der Waals surface area (Å²) in [6.45, 7) is -4.90. The zero-order valence-corrected chi connectivity index (χ0v) is 27.8. The van der Waals surface area contributed by atoms with Crippen LogP contribution in [0.1, 0.15) is 31.9 Å². The van der Waals surface area contributed by atoms with Crippen molar-refractivity contribution < 1.29 is 46.9 Å². The van der Waals surface area contributed by atoms with E-state index < -0.39 is 68.8 Å². The molecule has 18 nitrogen and oxygen atoms in total. The maximum atomic E-state index is 16.0. The van der Waals surface area contributed by atoms with E-state index in [4.69, 9.17) is 34.5 Å². The van der Waals surface area contributed by atoms with E-state index >= 15 is 4.39 Å². The second-order valence-corrected chi connectivity index (χ2v) is 16.6. The molecule has 0 spiro atoms. The first-order valence-corrected chi connectivity index (χ1v) is 18.9. The molecule has 0 amide bonds. The first kappa shape index (κ1) is 33.5. The number of aryl methyl sites for hydroxylation is 1. The van der Waals surface area contributed by atoms with Gasteiger partial charge < -0.3 is 40.4 Å². The highest BCUT2D eigenvalue weighted by atomic mass is 32.7. The summed E-state index contributed by atoms with van der Waals surface area (Å²) >= 11 is 8.73. The minimum absolute atomic E-state index is 0.0371. The van der Waals surface area contributed by atoms with Crippen LogP contribution in [0.3, 0.4) is 0 Å². The number of aromatic nitrogens is 7. The van der Waals surface area contributed by atoms with Gasteiger partial charge in [0.05, 0.1) is 30.9 Å². The third kappa shape index (κ3) is 6.04. The number of thiol groups is 1. The molecule has 6 rings (SSSR count). The Morgan fingerprint density at radius 1 is 1.11 bits per heavy atom. The van der Waals surface area contributed by atoms with Crippen molar-refractivity contribution in [3.05, 3.63) is 30.7 Å². The first-order chi connectivity index (χ1) is 21.5. The minimum Gasteiger partial charge on any atom is -0.387 e. The van der Waals surface area contributed by atoms with Crippen LogP contribution in [0.25, 0.3) is 22.2 Å². The van der Waals surface area contributed by atoms with Crippen LogP contribution in [0.4, 0.5) is 16.0 Å². The number of ether oxygens (including phenoxy) is 2. The number of pyridine rings is 1. The Balaban J connectivity index is 1.26. The zero-order chi connectivity index (χ0) is 33.3. The molecule has 2 fully saturated rings. The molecule has 2 aliphatic heterocycles. The van der Waals surface area contributed by atoms with Gasteiger partial charge in [-0.3, -0.25) is 18.1 Å². The van der Waals surface area contributed by atoms with Crippen molar-refractivity contribution in [1.29, 1.82) is 0 Å². The Hall–Kier alpha value is -2.39. The molecule has 2 saturated heterocycles. The van der Waals surface area contributed by atoms with Crippen LogP contribution in [-0.2, 0) is 39.4 Å². The van der Waals surface area contributed by atoms with Gasteiger partial charge >= 0.3 is 13.5 Å². The number of alkyl halides is 1. The van der Waals surface area contributed by atoms with Crippen molar-refractivity contribution in [2.45, 2.75) is 69.4 Å². The molecule has 0 saturated carbocycles.